The van der Waals surface area contributed by atoms with Gasteiger partial charge in [-0.25, -0.2) is 8.78 Å². The van der Waals surface area contributed by atoms with Crippen LogP contribution in [0.25, 0.3) is 0 Å². The molecular weight excluding hydrogens is 212 g/mol. The summed E-state index contributed by atoms with van der Waals surface area (Å²) in [4.78, 5) is 0. The second-order valence-electron chi connectivity index (χ2n) is 4.20. The minimum atomic E-state index is -0.846. The lowest BCUT2D eigenvalue weighted by Gasteiger charge is -2.21. The van der Waals surface area contributed by atoms with Crippen molar-refractivity contribution >= 4 is 0 Å². The van der Waals surface area contributed by atoms with Crippen molar-refractivity contribution in [3.8, 4) is 0 Å². The van der Waals surface area contributed by atoms with Crippen LogP contribution < -0.4 is 5.32 Å². The lowest BCUT2D eigenvalue weighted by atomic mass is 10.0. The summed E-state index contributed by atoms with van der Waals surface area (Å²) in [6.07, 6.45) is 0.637. The summed E-state index contributed by atoms with van der Waals surface area (Å²) < 4.78 is 25.5. The predicted molar refractivity (Wildman–Crippen MR) is 59.0 cm³/mol. The topological polar surface area (TPSA) is 32.3 Å². The monoisotopic (exact) mass is 229 g/mol. The van der Waals surface area contributed by atoms with Gasteiger partial charge in [-0.2, -0.15) is 0 Å². The Morgan fingerprint density at radius 3 is 2.56 bits per heavy atom. The molecule has 0 radical (unpaired) electrons. The SMILES string of the molecule is CCC(C)(O)CNCc1ccc(F)c(F)c1. The number of hydrogen-bond donors (Lipinski definition) is 2. The Labute approximate surface area is 94.3 Å². The van der Waals surface area contributed by atoms with E-state index < -0.39 is 17.2 Å². The summed E-state index contributed by atoms with van der Waals surface area (Å²) >= 11 is 0. The van der Waals surface area contributed by atoms with E-state index in [-0.39, 0.29) is 0 Å². The van der Waals surface area contributed by atoms with Gasteiger partial charge in [0.1, 0.15) is 0 Å². The summed E-state index contributed by atoms with van der Waals surface area (Å²) in [5.41, 5.74) is -0.107. The van der Waals surface area contributed by atoms with Gasteiger partial charge in [0.25, 0.3) is 0 Å². The zero-order chi connectivity index (χ0) is 12.2. The minimum Gasteiger partial charge on any atom is -0.389 e. The van der Waals surface area contributed by atoms with Crippen molar-refractivity contribution in [3.63, 3.8) is 0 Å². The molecule has 2 nitrogen and oxygen atoms in total. The van der Waals surface area contributed by atoms with Gasteiger partial charge in [0, 0.05) is 13.1 Å². The van der Waals surface area contributed by atoms with Crippen molar-refractivity contribution in [3.05, 3.63) is 35.4 Å². The summed E-state index contributed by atoms with van der Waals surface area (Å²) in [6.45, 7) is 4.44. The maximum absolute atomic E-state index is 12.9. The third-order valence-corrected chi connectivity index (χ3v) is 2.58. The number of rotatable bonds is 5. The molecule has 0 heterocycles. The van der Waals surface area contributed by atoms with E-state index in [9.17, 15) is 13.9 Å². The average Bonchev–Trinajstić information content (AvgIpc) is 2.23. The molecule has 1 unspecified atom stereocenters. The van der Waals surface area contributed by atoms with Crippen molar-refractivity contribution in [2.45, 2.75) is 32.4 Å². The maximum atomic E-state index is 12.9. The van der Waals surface area contributed by atoms with E-state index in [1.54, 1.807) is 6.92 Å². The van der Waals surface area contributed by atoms with E-state index in [1.165, 1.54) is 6.07 Å². The van der Waals surface area contributed by atoms with Gasteiger partial charge in [-0.3, -0.25) is 0 Å². The molecule has 1 rings (SSSR count). The predicted octanol–water partition coefficient (Wildman–Crippen LogP) is 2.22. The molecule has 0 fully saturated rings. The molecular formula is C12H17F2NO. The van der Waals surface area contributed by atoms with Gasteiger partial charge in [0.05, 0.1) is 5.60 Å². The smallest absolute Gasteiger partial charge is 0.159 e. The van der Waals surface area contributed by atoms with E-state index in [0.29, 0.717) is 25.1 Å². The van der Waals surface area contributed by atoms with E-state index in [4.69, 9.17) is 0 Å². The first kappa shape index (κ1) is 13.1. The lowest BCUT2D eigenvalue weighted by Crippen LogP contribution is -2.36. The van der Waals surface area contributed by atoms with Crippen LogP contribution in [0.4, 0.5) is 8.78 Å². The molecule has 1 atom stereocenters. The fourth-order valence-electron chi connectivity index (χ4n) is 1.25. The summed E-state index contributed by atoms with van der Waals surface area (Å²) in [5, 5.41) is 12.7. The van der Waals surface area contributed by atoms with Crippen LogP contribution in [0.1, 0.15) is 25.8 Å². The van der Waals surface area contributed by atoms with Gasteiger partial charge in [-0.1, -0.05) is 13.0 Å². The molecule has 0 bridgehead atoms. The van der Waals surface area contributed by atoms with Crippen molar-refractivity contribution in [2.24, 2.45) is 0 Å². The molecule has 0 saturated carbocycles. The molecule has 0 saturated heterocycles. The molecule has 1 aromatic rings. The number of aliphatic hydroxyl groups is 1. The molecule has 2 N–H and O–H groups in total. The second kappa shape index (κ2) is 5.37. The molecule has 0 spiro atoms. The molecule has 0 aliphatic carbocycles. The molecule has 1 aromatic carbocycles. The quantitative estimate of drug-likeness (QED) is 0.811. The standard InChI is InChI=1S/C12H17F2NO/c1-3-12(2,16)8-15-7-9-4-5-10(13)11(14)6-9/h4-6,15-16H,3,7-8H2,1-2H3. The Hall–Kier alpha value is -1.00. The Kier molecular flexibility index (Phi) is 4.38. The van der Waals surface area contributed by atoms with Gasteiger partial charge >= 0.3 is 0 Å². The molecule has 4 heteroatoms. The van der Waals surface area contributed by atoms with Crippen LogP contribution in [-0.2, 0) is 6.54 Å². The Bertz CT molecular complexity index is 353. The van der Waals surface area contributed by atoms with Gasteiger partial charge in [0.2, 0.25) is 0 Å². The van der Waals surface area contributed by atoms with Gasteiger partial charge in [-0.15, -0.1) is 0 Å². The van der Waals surface area contributed by atoms with Crippen LogP contribution in [-0.4, -0.2) is 17.3 Å². The maximum Gasteiger partial charge on any atom is 0.159 e. The number of nitrogens with one attached hydrogen (secondary N) is 1. The van der Waals surface area contributed by atoms with Crippen molar-refractivity contribution in [1.29, 1.82) is 0 Å². The first-order valence-electron chi connectivity index (χ1n) is 5.31. The number of benzene rings is 1. The van der Waals surface area contributed by atoms with Gasteiger partial charge in [-0.05, 0) is 31.0 Å². The van der Waals surface area contributed by atoms with Gasteiger partial charge < -0.3 is 10.4 Å². The van der Waals surface area contributed by atoms with Crippen LogP contribution in [0.3, 0.4) is 0 Å². The lowest BCUT2D eigenvalue weighted by molar-refractivity contribution is 0.0555. The molecule has 0 aliphatic rings. The first-order chi connectivity index (χ1) is 7.44. The van der Waals surface area contributed by atoms with E-state index in [2.05, 4.69) is 5.32 Å². The highest BCUT2D eigenvalue weighted by atomic mass is 19.2. The average molecular weight is 229 g/mol. The summed E-state index contributed by atoms with van der Waals surface area (Å²) in [7, 11) is 0. The molecule has 0 aromatic heterocycles. The van der Waals surface area contributed by atoms with Crippen LogP contribution in [0.2, 0.25) is 0 Å². The van der Waals surface area contributed by atoms with Crippen LogP contribution in [0.15, 0.2) is 18.2 Å². The molecule has 0 aliphatic heterocycles. The zero-order valence-corrected chi connectivity index (χ0v) is 9.56. The normalized spacial score (nSPS) is 14.8. The van der Waals surface area contributed by atoms with Crippen molar-refractivity contribution < 1.29 is 13.9 Å². The molecule has 90 valence electrons. The van der Waals surface area contributed by atoms with Crippen LogP contribution in [0.5, 0.6) is 0 Å². The minimum absolute atomic E-state index is 0.410. The highest BCUT2D eigenvalue weighted by molar-refractivity contribution is 5.17. The number of hydrogen-bond acceptors (Lipinski definition) is 2. The number of halogens is 2. The Morgan fingerprint density at radius 2 is 2.00 bits per heavy atom. The zero-order valence-electron chi connectivity index (χ0n) is 9.56. The molecule has 16 heavy (non-hydrogen) atoms. The fourth-order valence-corrected chi connectivity index (χ4v) is 1.25. The van der Waals surface area contributed by atoms with Crippen molar-refractivity contribution in [2.75, 3.05) is 6.54 Å². The Balaban J connectivity index is 2.46. The summed E-state index contributed by atoms with van der Waals surface area (Å²) in [5.74, 6) is -1.69. The summed E-state index contributed by atoms with van der Waals surface area (Å²) in [6, 6.07) is 3.78. The highest BCUT2D eigenvalue weighted by Gasteiger charge is 2.16. The largest absolute Gasteiger partial charge is 0.389 e. The third-order valence-electron chi connectivity index (χ3n) is 2.58. The molecule has 0 amide bonds. The highest BCUT2D eigenvalue weighted by Crippen LogP contribution is 2.10. The Morgan fingerprint density at radius 1 is 1.31 bits per heavy atom. The van der Waals surface area contributed by atoms with E-state index in [1.807, 2.05) is 6.92 Å². The first-order valence-corrected chi connectivity index (χ1v) is 5.31. The van der Waals surface area contributed by atoms with Crippen LogP contribution in [0, 0.1) is 11.6 Å². The van der Waals surface area contributed by atoms with E-state index >= 15 is 0 Å². The second-order valence-corrected chi connectivity index (χ2v) is 4.20. The van der Waals surface area contributed by atoms with Gasteiger partial charge in [0.15, 0.2) is 11.6 Å². The third kappa shape index (κ3) is 3.87. The van der Waals surface area contributed by atoms with Crippen molar-refractivity contribution in [1.82, 2.24) is 5.32 Å². The fraction of sp³-hybridized carbons (Fsp3) is 0.500. The van der Waals surface area contributed by atoms with Crippen LogP contribution >= 0.6 is 0 Å². The van der Waals surface area contributed by atoms with E-state index in [0.717, 1.165) is 12.1 Å².